The summed E-state index contributed by atoms with van der Waals surface area (Å²) in [5, 5.41) is 3.02. The summed E-state index contributed by atoms with van der Waals surface area (Å²) in [6.07, 6.45) is 1.51. The summed E-state index contributed by atoms with van der Waals surface area (Å²) in [4.78, 5) is 13.2. The van der Waals surface area contributed by atoms with E-state index in [0.717, 1.165) is 34.1 Å². The third kappa shape index (κ3) is 5.60. The van der Waals surface area contributed by atoms with E-state index < -0.39 is 16.1 Å². The summed E-state index contributed by atoms with van der Waals surface area (Å²) in [7, 11) is -3.65. The fraction of sp³-hybridized carbons (Fsp3) is 0.435. The highest BCUT2D eigenvalue weighted by atomic mass is 32.2. The maximum atomic E-state index is 13.2. The molecule has 2 atom stereocenters. The van der Waals surface area contributed by atoms with Gasteiger partial charge in [-0.25, -0.2) is 8.42 Å². The highest BCUT2D eigenvalue weighted by Gasteiger charge is 2.32. The van der Waals surface area contributed by atoms with Crippen LogP contribution in [0.2, 0.25) is 0 Å². The average Bonchev–Trinajstić information content (AvgIpc) is 2.59. The van der Waals surface area contributed by atoms with Crippen molar-refractivity contribution in [3.8, 4) is 0 Å². The fourth-order valence-corrected chi connectivity index (χ4v) is 4.95. The largest absolute Gasteiger partial charge is 0.348 e. The lowest BCUT2D eigenvalue weighted by molar-refractivity contribution is -0.122. The maximum absolute atomic E-state index is 13.2. The van der Waals surface area contributed by atoms with Gasteiger partial charge in [-0.3, -0.25) is 9.10 Å². The van der Waals surface area contributed by atoms with Crippen LogP contribution in [0, 0.1) is 27.7 Å². The molecule has 1 amide bonds. The van der Waals surface area contributed by atoms with E-state index >= 15 is 0 Å². The Bertz CT molecular complexity index is 979. The zero-order valence-corrected chi connectivity index (χ0v) is 19.2. The number of benzene rings is 2. The molecule has 0 fully saturated rings. The lowest BCUT2D eigenvalue weighted by atomic mass is 9.99. The van der Waals surface area contributed by atoms with Gasteiger partial charge in [0.05, 0.1) is 18.0 Å². The summed E-state index contributed by atoms with van der Waals surface area (Å²) in [5.74, 6) is -0.300. The minimum Gasteiger partial charge on any atom is -0.348 e. The Morgan fingerprint density at radius 3 is 2.10 bits per heavy atom. The van der Waals surface area contributed by atoms with Gasteiger partial charge in [0, 0.05) is 0 Å². The van der Waals surface area contributed by atoms with Gasteiger partial charge in [-0.1, -0.05) is 36.8 Å². The first-order valence-electron chi connectivity index (χ1n) is 9.89. The molecule has 0 radical (unpaired) electrons. The number of carbonyl (C=O) groups is 1. The van der Waals surface area contributed by atoms with Crippen LogP contribution in [0.5, 0.6) is 0 Å². The van der Waals surface area contributed by atoms with E-state index in [1.165, 1.54) is 4.31 Å². The van der Waals surface area contributed by atoms with E-state index in [1.807, 2.05) is 59.7 Å². The molecule has 6 heteroatoms. The predicted molar refractivity (Wildman–Crippen MR) is 120 cm³/mol. The van der Waals surface area contributed by atoms with Crippen molar-refractivity contribution in [1.29, 1.82) is 0 Å². The highest BCUT2D eigenvalue weighted by molar-refractivity contribution is 7.92. The monoisotopic (exact) mass is 416 g/mol. The minimum absolute atomic E-state index is 0.225. The molecule has 0 saturated carbocycles. The SMILES string of the molecule is CC[C@H](C(=O)N[C@@H](C)c1cc(C)ccc1C)N(c1cc(C)cc(C)c1)S(C)(=O)=O. The maximum Gasteiger partial charge on any atom is 0.244 e. The molecule has 0 saturated heterocycles. The number of hydrogen-bond donors (Lipinski definition) is 1. The molecule has 5 nitrogen and oxygen atoms in total. The summed E-state index contributed by atoms with van der Waals surface area (Å²) < 4.78 is 26.6. The van der Waals surface area contributed by atoms with Gasteiger partial charge in [-0.15, -0.1) is 0 Å². The first-order chi connectivity index (χ1) is 13.4. The number of sulfonamides is 1. The Labute approximate surface area is 175 Å². The van der Waals surface area contributed by atoms with E-state index in [1.54, 1.807) is 12.1 Å². The van der Waals surface area contributed by atoms with Crippen molar-refractivity contribution in [3.05, 3.63) is 64.2 Å². The second kappa shape index (κ2) is 8.99. The molecule has 1 N–H and O–H groups in total. The Hall–Kier alpha value is -2.34. The third-order valence-electron chi connectivity index (χ3n) is 5.05. The van der Waals surface area contributed by atoms with Crippen LogP contribution in [0.4, 0.5) is 5.69 Å². The van der Waals surface area contributed by atoms with Crippen LogP contribution in [0.3, 0.4) is 0 Å². The number of aryl methyl sites for hydroxylation is 4. The smallest absolute Gasteiger partial charge is 0.244 e. The van der Waals surface area contributed by atoms with Crippen molar-refractivity contribution < 1.29 is 13.2 Å². The number of amides is 1. The molecule has 0 aliphatic rings. The lowest BCUT2D eigenvalue weighted by Gasteiger charge is -2.31. The van der Waals surface area contributed by atoms with Crippen LogP contribution in [0.1, 0.15) is 54.1 Å². The van der Waals surface area contributed by atoms with Gasteiger partial charge in [-0.2, -0.15) is 0 Å². The summed E-state index contributed by atoms with van der Waals surface area (Å²) >= 11 is 0. The van der Waals surface area contributed by atoms with Gasteiger partial charge in [0.1, 0.15) is 6.04 Å². The van der Waals surface area contributed by atoms with Crippen LogP contribution in [0.25, 0.3) is 0 Å². The summed E-state index contributed by atoms with van der Waals surface area (Å²) in [6.45, 7) is 11.6. The van der Waals surface area contributed by atoms with Crippen molar-refractivity contribution in [2.24, 2.45) is 0 Å². The van der Waals surface area contributed by atoms with Crippen LogP contribution in [-0.2, 0) is 14.8 Å². The molecule has 158 valence electrons. The number of nitrogens with zero attached hydrogens (tertiary/aromatic N) is 1. The molecule has 2 aromatic carbocycles. The molecular weight excluding hydrogens is 384 g/mol. The number of carbonyl (C=O) groups excluding carboxylic acids is 1. The van der Waals surface area contributed by atoms with Crippen molar-refractivity contribution in [1.82, 2.24) is 5.32 Å². The lowest BCUT2D eigenvalue weighted by Crippen LogP contribution is -2.49. The van der Waals surface area contributed by atoms with Crippen LogP contribution < -0.4 is 9.62 Å². The van der Waals surface area contributed by atoms with Gasteiger partial charge in [-0.05, 0) is 75.4 Å². The fourth-order valence-electron chi connectivity index (χ4n) is 3.75. The number of nitrogens with one attached hydrogen (secondary N) is 1. The summed E-state index contributed by atoms with van der Waals surface area (Å²) in [6, 6.07) is 10.7. The first-order valence-corrected chi connectivity index (χ1v) is 11.7. The molecule has 2 aromatic rings. The molecule has 0 aliphatic heterocycles. The van der Waals surface area contributed by atoms with Crippen LogP contribution in [0.15, 0.2) is 36.4 Å². The molecule has 0 aromatic heterocycles. The molecule has 0 unspecified atom stereocenters. The van der Waals surface area contributed by atoms with Crippen molar-refractivity contribution in [3.63, 3.8) is 0 Å². The van der Waals surface area contributed by atoms with Gasteiger partial charge in [0.15, 0.2) is 0 Å². The second-order valence-corrected chi connectivity index (χ2v) is 9.78. The van der Waals surface area contributed by atoms with E-state index in [9.17, 15) is 13.2 Å². The molecule has 2 rings (SSSR count). The minimum atomic E-state index is -3.65. The summed E-state index contributed by atoms with van der Waals surface area (Å²) in [5.41, 5.74) is 5.66. The van der Waals surface area contributed by atoms with E-state index in [-0.39, 0.29) is 11.9 Å². The normalized spacial score (nSPS) is 13.6. The van der Waals surface area contributed by atoms with Gasteiger partial charge in [0.2, 0.25) is 15.9 Å². The molecule has 29 heavy (non-hydrogen) atoms. The third-order valence-corrected chi connectivity index (χ3v) is 6.23. The van der Waals surface area contributed by atoms with Crippen molar-refractivity contribution in [2.75, 3.05) is 10.6 Å². The highest BCUT2D eigenvalue weighted by Crippen LogP contribution is 2.26. The van der Waals surface area contributed by atoms with Crippen molar-refractivity contribution in [2.45, 2.75) is 60.0 Å². The molecule has 0 aliphatic carbocycles. The topological polar surface area (TPSA) is 66.5 Å². The molecule has 0 spiro atoms. The van der Waals surface area contributed by atoms with Crippen LogP contribution in [-0.4, -0.2) is 26.6 Å². The predicted octanol–water partition coefficient (Wildman–Crippen LogP) is 4.34. The first kappa shape index (κ1) is 22.9. The quantitative estimate of drug-likeness (QED) is 0.730. The zero-order chi connectivity index (χ0) is 21.9. The number of rotatable bonds is 7. The van der Waals surface area contributed by atoms with Gasteiger partial charge in [0.25, 0.3) is 0 Å². The van der Waals surface area contributed by atoms with Gasteiger partial charge < -0.3 is 5.32 Å². The second-order valence-electron chi connectivity index (χ2n) is 7.92. The molecular formula is C23H32N2O3S. The molecule has 0 bridgehead atoms. The van der Waals surface area contributed by atoms with Crippen molar-refractivity contribution >= 4 is 21.6 Å². The standard InChI is InChI=1S/C23H32N2O3S/c1-8-22(23(26)24-19(6)21-14-15(2)9-10-18(21)5)25(29(7,27)28)20-12-16(3)11-17(4)13-20/h9-14,19,22H,8H2,1-7H3,(H,24,26)/t19-,22+/m0/s1. The van der Waals surface area contributed by atoms with E-state index in [0.29, 0.717) is 12.1 Å². The zero-order valence-electron chi connectivity index (χ0n) is 18.4. The Morgan fingerprint density at radius 1 is 1.00 bits per heavy atom. The Balaban J connectivity index is 2.39. The average molecular weight is 417 g/mol. The van der Waals surface area contributed by atoms with Gasteiger partial charge >= 0.3 is 0 Å². The molecule has 0 heterocycles. The Morgan fingerprint density at radius 2 is 1.59 bits per heavy atom. The Kier molecular flexibility index (Phi) is 7.11. The van der Waals surface area contributed by atoms with E-state index in [2.05, 4.69) is 11.4 Å². The van der Waals surface area contributed by atoms with Crippen LogP contribution >= 0.6 is 0 Å². The van der Waals surface area contributed by atoms with E-state index in [4.69, 9.17) is 0 Å². The number of anilines is 1. The number of hydrogen-bond acceptors (Lipinski definition) is 3.